The third-order valence-electron chi connectivity index (χ3n) is 3.49. The van der Waals surface area contributed by atoms with E-state index in [0.717, 1.165) is 4.31 Å². The molecule has 0 aliphatic heterocycles. The van der Waals surface area contributed by atoms with Gasteiger partial charge < -0.3 is 5.11 Å². The number of carboxylic acid groups (broad SMARTS) is 1. The summed E-state index contributed by atoms with van der Waals surface area (Å²) in [7, 11) is -2.44. The van der Waals surface area contributed by atoms with Gasteiger partial charge in [-0.1, -0.05) is 41.4 Å². The fourth-order valence-corrected chi connectivity index (χ4v) is 3.82. The SMILES string of the molecule is CN(c1ccccc1CCC(=O)O)S(=O)(=O)c1ccc(Cl)c(Cl)c1. The highest BCUT2D eigenvalue weighted by Crippen LogP contribution is 2.30. The van der Waals surface area contributed by atoms with E-state index in [1.54, 1.807) is 24.3 Å². The molecule has 0 fully saturated rings. The zero-order chi connectivity index (χ0) is 17.9. The van der Waals surface area contributed by atoms with Crippen LogP contribution in [0, 0.1) is 0 Å². The van der Waals surface area contributed by atoms with Crippen molar-refractivity contribution in [3.8, 4) is 0 Å². The van der Waals surface area contributed by atoms with Gasteiger partial charge in [0.05, 0.1) is 20.6 Å². The van der Waals surface area contributed by atoms with E-state index in [-0.39, 0.29) is 27.8 Å². The van der Waals surface area contributed by atoms with E-state index in [1.807, 2.05) is 0 Å². The highest BCUT2D eigenvalue weighted by molar-refractivity contribution is 7.92. The van der Waals surface area contributed by atoms with Gasteiger partial charge in [-0.25, -0.2) is 8.42 Å². The number of sulfonamides is 1. The van der Waals surface area contributed by atoms with Crippen molar-refractivity contribution < 1.29 is 18.3 Å². The first-order valence-corrected chi connectivity index (χ1v) is 9.17. The lowest BCUT2D eigenvalue weighted by Gasteiger charge is -2.22. The van der Waals surface area contributed by atoms with Crippen LogP contribution >= 0.6 is 23.2 Å². The molecule has 0 aromatic heterocycles. The van der Waals surface area contributed by atoms with Crippen molar-refractivity contribution >= 4 is 44.9 Å². The minimum Gasteiger partial charge on any atom is -0.481 e. The summed E-state index contributed by atoms with van der Waals surface area (Å²) in [4.78, 5) is 10.8. The minimum atomic E-state index is -3.85. The van der Waals surface area contributed by atoms with Gasteiger partial charge in [0.1, 0.15) is 0 Å². The molecule has 0 radical (unpaired) electrons. The Morgan fingerprint density at radius 3 is 2.42 bits per heavy atom. The van der Waals surface area contributed by atoms with E-state index < -0.39 is 16.0 Å². The fourth-order valence-electron chi connectivity index (χ4n) is 2.20. The monoisotopic (exact) mass is 387 g/mol. The molecule has 0 saturated carbocycles. The molecule has 24 heavy (non-hydrogen) atoms. The van der Waals surface area contributed by atoms with Crippen LogP contribution in [-0.2, 0) is 21.2 Å². The Bertz CT molecular complexity index is 868. The van der Waals surface area contributed by atoms with E-state index in [4.69, 9.17) is 28.3 Å². The highest BCUT2D eigenvalue weighted by Gasteiger charge is 2.24. The number of carbonyl (C=O) groups is 1. The minimum absolute atomic E-state index is 0.00689. The summed E-state index contributed by atoms with van der Waals surface area (Å²) in [5.74, 6) is -0.945. The number of hydrogen-bond acceptors (Lipinski definition) is 3. The molecule has 2 aromatic carbocycles. The molecule has 0 bridgehead atoms. The number of aliphatic carboxylic acids is 1. The molecule has 0 unspecified atom stereocenters. The van der Waals surface area contributed by atoms with E-state index >= 15 is 0 Å². The van der Waals surface area contributed by atoms with E-state index in [9.17, 15) is 13.2 Å². The molecule has 5 nitrogen and oxygen atoms in total. The van der Waals surface area contributed by atoms with Crippen molar-refractivity contribution in [3.05, 3.63) is 58.1 Å². The average molecular weight is 388 g/mol. The van der Waals surface area contributed by atoms with Crippen molar-refractivity contribution in [3.63, 3.8) is 0 Å². The van der Waals surface area contributed by atoms with Crippen molar-refractivity contribution in [2.24, 2.45) is 0 Å². The van der Waals surface area contributed by atoms with Crippen molar-refractivity contribution in [1.82, 2.24) is 0 Å². The zero-order valence-corrected chi connectivity index (χ0v) is 15.1. The fraction of sp³-hybridized carbons (Fsp3) is 0.188. The summed E-state index contributed by atoms with van der Waals surface area (Å²) in [6.45, 7) is 0. The number of halogens is 2. The van der Waals surface area contributed by atoms with Gasteiger partial charge >= 0.3 is 5.97 Å². The molecule has 0 aliphatic carbocycles. The number of benzene rings is 2. The predicted molar refractivity (Wildman–Crippen MR) is 94.4 cm³/mol. The Labute approximate surface area is 150 Å². The largest absolute Gasteiger partial charge is 0.481 e. The number of para-hydroxylation sites is 1. The summed E-state index contributed by atoms with van der Waals surface area (Å²) in [6, 6.07) is 10.8. The number of aryl methyl sites for hydroxylation is 1. The molecule has 0 saturated heterocycles. The van der Waals surface area contributed by atoms with Crippen molar-refractivity contribution in [1.29, 1.82) is 0 Å². The van der Waals surface area contributed by atoms with E-state index in [1.165, 1.54) is 25.2 Å². The highest BCUT2D eigenvalue weighted by atomic mass is 35.5. The second kappa shape index (κ2) is 7.42. The number of anilines is 1. The maximum absolute atomic E-state index is 12.8. The first-order valence-electron chi connectivity index (χ1n) is 6.97. The van der Waals surface area contributed by atoms with Crippen LogP contribution in [0.4, 0.5) is 5.69 Å². The first kappa shape index (κ1) is 18.6. The van der Waals surface area contributed by atoms with Gasteiger partial charge in [-0.3, -0.25) is 9.10 Å². The topological polar surface area (TPSA) is 74.7 Å². The van der Waals surface area contributed by atoms with Gasteiger partial charge in [0.15, 0.2) is 0 Å². The van der Waals surface area contributed by atoms with Crippen LogP contribution in [-0.4, -0.2) is 26.5 Å². The number of carboxylic acids is 1. The Balaban J connectivity index is 2.41. The Hall–Kier alpha value is -1.76. The standard InChI is InChI=1S/C16H15Cl2NO4S/c1-19(15-5-3-2-4-11(15)6-9-16(20)21)24(22,23)12-7-8-13(17)14(18)10-12/h2-5,7-8,10H,6,9H2,1H3,(H,20,21). The van der Waals surface area contributed by atoms with E-state index in [0.29, 0.717) is 11.3 Å². The zero-order valence-electron chi connectivity index (χ0n) is 12.7. The smallest absolute Gasteiger partial charge is 0.303 e. The molecule has 2 aromatic rings. The summed E-state index contributed by atoms with van der Waals surface area (Å²) in [6.07, 6.45) is 0.143. The number of rotatable bonds is 6. The van der Waals surface area contributed by atoms with Crippen LogP contribution in [0.5, 0.6) is 0 Å². The normalized spacial score (nSPS) is 11.3. The van der Waals surface area contributed by atoms with Gasteiger partial charge in [-0.2, -0.15) is 0 Å². The average Bonchev–Trinajstić information content (AvgIpc) is 2.54. The van der Waals surface area contributed by atoms with Gasteiger partial charge in [-0.05, 0) is 36.2 Å². The third-order valence-corrected chi connectivity index (χ3v) is 5.99. The van der Waals surface area contributed by atoms with Crippen LogP contribution < -0.4 is 4.31 Å². The van der Waals surface area contributed by atoms with Gasteiger partial charge in [0.2, 0.25) is 0 Å². The molecular weight excluding hydrogens is 373 g/mol. The first-order chi connectivity index (χ1) is 11.2. The van der Waals surface area contributed by atoms with Crippen LogP contribution in [0.1, 0.15) is 12.0 Å². The van der Waals surface area contributed by atoms with Crippen molar-refractivity contribution in [2.75, 3.05) is 11.4 Å². The quantitative estimate of drug-likeness (QED) is 0.816. The molecule has 0 aliphatic rings. The molecule has 0 amide bonds. The third kappa shape index (κ3) is 4.01. The maximum Gasteiger partial charge on any atom is 0.303 e. The van der Waals surface area contributed by atoms with Crippen LogP contribution in [0.3, 0.4) is 0 Å². The Morgan fingerprint density at radius 2 is 1.79 bits per heavy atom. The predicted octanol–water partition coefficient (Wildman–Crippen LogP) is 3.84. The summed E-state index contributed by atoms with van der Waals surface area (Å²) >= 11 is 11.7. The second-order valence-corrected chi connectivity index (χ2v) is 7.85. The molecule has 8 heteroatoms. The molecule has 128 valence electrons. The number of nitrogens with zero attached hydrogens (tertiary/aromatic N) is 1. The van der Waals surface area contributed by atoms with Gasteiger partial charge in [0.25, 0.3) is 10.0 Å². The lowest BCUT2D eigenvalue weighted by atomic mass is 10.1. The molecule has 0 heterocycles. The van der Waals surface area contributed by atoms with E-state index in [2.05, 4.69) is 0 Å². The van der Waals surface area contributed by atoms with Crippen LogP contribution in [0.2, 0.25) is 10.0 Å². The molecule has 1 N–H and O–H groups in total. The van der Waals surface area contributed by atoms with Gasteiger partial charge in [0, 0.05) is 13.5 Å². The summed E-state index contributed by atoms with van der Waals surface area (Å²) < 4.78 is 26.7. The Morgan fingerprint density at radius 1 is 1.12 bits per heavy atom. The molecule has 2 rings (SSSR count). The Kier molecular flexibility index (Phi) is 5.74. The van der Waals surface area contributed by atoms with Crippen LogP contribution in [0.25, 0.3) is 0 Å². The van der Waals surface area contributed by atoms with Crippen LogP contribution in [0.15, 0.2) is 47.4 Å². The summed E-state index contributed by atoms with van der Waals surface area (Å²) in [5.41, 5.74) is 1.05. The maximum atomic E-state index is 12.8. The van der Waals surface area contributed by atoms with Gasteiger partial charge in [-0.15, -0.1) is 0 Å². The lowest BCUT2D eigenvalue weighted by Crippen LogP contribution is -2.27. The molecule has 0 spiro atoms. The summed E-state index contributed by atoms with van der Waals surface area (Å²) in [5, 5.41) is 9.25. The lowest BCUT2D eigenvalue weighted by molar-refractivity contribution is -0.136. The van der Waals surface area contributed by atoms with Crippen molar-refractivity contribution in [2.45, 2.75) is 17.7 Å². The number of hydrogen-bond donors (Lipinski definition) is 1. The second-order valence-electron chi connectivity index (χ2n) is 5.07. The molecular formula is C16H15Cl2NO4S. The molecule has 0 atom stereocenters.